The second kappa shape index (κ2) is 5.39. The summed E-state index contributed by atoms with van der Waals surface area (Å²) in [6, 6.07) is 7.21. The van der Waals surface area contributed by atoms with Crippen molar-refractivity contribution in [3.05, 3.63) is 23.8 Å². The highest BCUT2D eigenvalue weighted by Crippen LogP contribution is 2.34. The molecule has 1 aromatic carbocycles. The van der Waals surface area contributed by atoms with E-state index in [-0.39, 0.29) is 0 Å². The van der Waals surface area contributed by atoms with E-state index >= 15 is 0 Å². The van der Waals surface area contributed by atoms with Gasteiger partial charge < -0.3 is 19.7 Å². The average molecular weight is 262 g/mol. The smallest absolute Gasteiger partial charge is 0.231 e. The SMILES string of the molecule is CC(NCC1CCCN1C)c1ccc2c(c1)OCO2. The lowest BCUT2D eigenvalue weighted by atomic mass is 10.1. The first-order chi connectivity index (χ1) is 9.24. The van der Waals surface area contributed by atoms with Crippen LogP contribution in [0.3, 0.4) is 0 Å². The second-order valence-electron chi connectivity index (χ2n) is 5.52. The average Bonchev–Trinajstić information content (AvgIpc) is 3.03. The second-order valence-corrected chi connectivity index (χ2v) is 5.52. The fraction of sp³-hybridized carbons (Fsp3) is 0.600. The predicted octanol–water partition coefficient (Wildman–Crippen LogP) is 2.16. The summed E-state index contributed by atoms with van der Waals surface area (Å²) in [5, 5.41) is 3.62. The molecule has 2 aliphatic heterocycles. The topological polar surface area (TPSA) is 33.7 Å². The summed E-state index contributed by atoms with van der Waals surface area (Å²) in [5.41, 5.74) is 1.25. The minimum Gasteiger partial charge on any atom is -0.454 e. The molecule has 2 aliphatic rings. The van der Waals surface area contributed by atoms with Crippen LogP contribution in [-0.2, 0) is 0 Å². The van der Waals surface area contributed by atoms with Gasteiger partial charge in [0, 0.05) is 18.6 Å². The van der Waals surface area contributed by atoms with E-state index in [4.69, 9.17) is 9.47 Å². The summed E-state index contributed by atoms with van der Waals surface area (Å²) in [5.74, 6) is 1.72. The fourth-order valence-corrected chi connectivity index (χ4v) is 2.85. The number of ether oxygens (including phenoxy) is 2. The maximum atomic E-state index is 5.43. The lowest BCUT2D eigenvalue weighted by Gasteiger charge is -2.22. The zero-order valence-corrected chi connectivity index (χ0v) is 11.7. The molecule has 19 heavy (non-hydrogen) atoms. The Labute approximate surface area is 114 Å². The van der Waals surface area contributed by atoms with Crippen LogP contribution in [0.4, 0.5) is 0 Å². The summed E-state index contributed by atoms with van der Waals surface area (Å²) in [6.07, 6.45) is 2.62. The monoisotopic (exact) mass is 262 g/mol. The Kier molecular flexibility index (Phi) is 3.62. The molecular formula is C15H22N2O2. The number of hydrogen-bond donors (Lipinski definition) is 1. The third-order valence-corrected chi connectivity index (χ3v) is 4.23. The summed E-state index contributed by atoms with van der Waals surface area (Å²) in [7, 11) is 2.21. The maximum absolute atomic E-state index is 5.43. The Balaban J connectivity index is 1.59. The van der Waals surface area contributed by atoms with Crippen LogP contribution in [0.15, 0.2) is 18.2 Å². The summed E-state index contributed by atoms with van der Waals surface area (Å²) in [4.78, 5) is 2.44. The van der Waals surface area contributed by atoms with Crippen molar-refractivity contribution in [2.24, 2.45) is 0 Å². The lowest BCUT2D eigenvalue weighted by Crippen LogP contribution is -2.36. The van der Waals surface area contributed by atoms with Crippen LogP contribution < -0.4 is 14.8 Å². The molecule has 1 saturated heterocycles. The van der Waals surface area contributed by atoms with Gasteiger partial charge in [-0.1, -0.05) is 6.07 Å². The largest absolute Gasteiger partial charge is 0.454 e. The van der Waals surface area contributed by atoms with E-state index in [1.807, 2.05) is 6.07 Å². The van der Waals surface area contributed by atoms with Crippen LogP contribution in [0, 0.1) is 0 Å². The third kappa shape index (κ3) is 2.69. The van der Waals surface area contributed by atoms with Crippen molar-refractivity contribution in [2.45, 2.75) is 31.8 Å². The van der Waals surface area contributed by atoms with Crippen LogP contribution in [0.1, 0.15) is 31.4 Å². The first-order valence-electron chi connectivity index (χ1n) is 7.07. The quantitative estimate of drug-likeness (QED) is 0.901. The van der Waals surface area contributed by atoms with Crippen LogP contribution >= 0.6 is 0 Å². The first-order valence-corrected chi connectivity index (χ1v) is 7.07. The van der Waals surface area contributed by atoms with Crippen LogP contribution in [0.25, 0.3) is 0 Å². The van der Waals surface area contributed by atoms with Gasteiger partial charge in [0.15, 0.2) is 11.5 Å². The minimum absolute atomic E-state index is 0.337. The molecular weight excluding hydrogens is 240 g/mol. The molecule has 0 amide bonds. The normalized spacial score (nSPS) is 23.8. The minimum atomic E-state index is 0.337. The molecule has 2 atom stereocenters. The zero-order valence-electron chi connectivity index (χ0n) is 11.7. The van der Waals surface area contributed by atoms with Crippen molar-refractivity contribution < 1.29 is 9.47 Å². The van der Waals surface area contributed by atoms with E-state index < -0.39 is 0 Å². The van der Waals surface area contributed by atoms with E-state index in [9.17, 15) is 0 Å². The molecule has 0 aromatic heterocycles. The molecule has 4 nitrogen and oxygen atoms in total. The van der Waals surface area contributed by atoms with Crippen molar-refractivity contribution in [3.63, 3.8) is 0 Å². The van der Waals surface area contributed by atoms with Gasteiger partial charge in [-0.25, -0.2) is 0 Å². The Hall–Kier alpha value is -1.26. The number of hydrogen-bond acceptors (Lipinski definition) is 4. The van der Waals surface area contributed by atoms with Gasteiger partial charge in [0.1, 0.15) is 0 Å². The standard InChI is InChI=1S/C15H22N2O2/c1-11(16-9-13-4-3-7-17(13)2)12-5-6-14-15(8-12)19-10-18-14/h5-6,8,11,13,16H,3-4,7,9-10H2,1-2H3. The number of rotatable bonds is 4. The van der Waals surface area contributed by atoms with Crippen LogP contribution in [0.5, 0.6) is 11.5 Å². The Bertz CT molecular complexity index is 450. The molecule has 1 fully saturated rings. The summed E-state index contributed by atoms with van der Waals surface area (Å²) < 4.78 is 10.8. The van der Waals surface area contributed by atoms with Gasteiger partial charge in [0.2, 0.25) is 6.79 Å². The third-order valence-electron chi connectivity index (χ3n) is 4.23. The number of likely N-dealkylation sites (N-methyl/N-ethyl adjacent to an activating group) is 1. The zero-order chi connectivity index (χ0) is 13.2. The van der Waals surface area contributed by atoms with E-state index in [0.717, 1.165) is 18.0 Å². The van der Waals surface area contributed by atoms with E-state index in [0.29, 0.717) is 18.9 Å². The Morgan fingerprint density at radius 1 is 1.37 bits per heavy atom. The number of fused-ring (bicyclic) bond motifs is 1. The molecule has 4 heteroatoms. The van der Waals surface area contributed by atoms with Crippen molar-refractivity contribution in [2.75, 3.05) is 26.9 Å². The highest BCUT2D eigenvalue weighted by molar-refractivity contribution is 5.45. The van der Waals surface area contributed by atoms with Crippen LogP contribution in [0.2, 0.25) is 0 Å². The number of nitrogens with one attached hydrogen (secondary N) is 1. The molecule has 0 saturated carbocycles. The number of nitrogens with zero attached hydrogens (tertiary/aromatic N) is 1. The van der Waals surface area contributed by atoms with Gasteiger partial charge in [-0.15, -0.1) is 0 Å². The highest BCUT2D eigenvalue weighted by Gasteiger charge is 2.21. The highest BCUT2D eigenvalue weighted by atomic mass is 16.7. The maximum Gasteiger partial charge on any atom is 0.231 e. The van der Waals surface area contributed by atoms with Crippen molar-refractivity contribution in [3.8, 4) is 11.5 Å². The van der Waals surface area contributed by atoms with E-state index in [2.05, 4.69) is 36.3 Å². The molecule has 1 N–H and O–H groups in total. The number of likely N-dealkylation sites (tertiary alicyclic amines) is 1. The van der Waals surface area contributed by atoms with Crippen LogP contribution in [-0.4, -0.2) is 37.9 Å². The molecule has 2 unspecified atom stereocenters. The predicted molar refractivity (Wildman–Crippen MR) is 74.6 cm³/mol. The van der Waals surface area contributed by atoms with Gasteiger partial charge in [-0.3, -0.25) is 0 Å². The van der Waals surface area contributed by atoms with Crippen molar-refractivity contribution >= 4 is 0 Å². The van der Waals surface area contributed by atoms with Gasteiger partial charge in [0.05, 0.1) is 0 Å². The number of benzene rings is 1. The molecule has 3 rings (SSSR count). The molecule has 0 aliphatic carbocycles. The Morgan fingerprint density at radius 2 is 2.21 bits per heavy atom. The molecule has 0 spiro atoms. The van der Waals surface area contributed by atoms with Gasteiger partial charge >= 0.3 is 0 Å². The van der Waals surface area contributed by atoms with Gasteiger partial charge in [0.25, 0.3) is 0 Å². The summed E-state index contributed by atoms with van der Waals surface area (Å²) in [6.45, 7) is 4.82. The molecule has 0 bridgehead atoms. The van der Waals surface area contributed by atoms with E-state index in [1.54, 1.807) is 0 Å². The van der Waals surface area contributed by atoms with Gasteiger partial charge in [-0.05, 0) is 51.1 Å². The van der Waals surface area contributed by atoms with E-state index in [1.165, 1.54) is 24.9 Å². The molecule has 2 heterocycles. The molecule has 0 radical (unpaired) electrons. The summed E-state index contributed by atoms with van der Waals surface area (Å²) >= 11 is 0. The van der Waals surface area contributed by atoms with Crippen molar-refractivity contribution in [1.29, 1.82) is 0 Å². The fourth-order valence-electron chi connectivity index (χ4n) is 2.85. The lowest BCUT2D eigenvalue weighted by molar-refractivity contribution is 0.174. The first kappa shape index (κ1) is 12.8. The molecule has 1 aromatic rings. The Morgan fingerprint density at radius 3 is 3.00 bits per heavy atom. The van der Waals surface area contributed by atoms with Crippen molar-refractivity contribution in [1.82, 2.24) is 10.2 Å². The molecule has 104 valence electrons. The van der Waals surface area contributed by atoms with Gasteiger partial charge in [-0.2, -0.15) is 0 Å².